The van der Waals surface area contributed by atoms with Gasteiger partial charge in [-0.3, -0.25) is 9.67 Å². The summed E-state index contributed by atoms with van der Waals surface area (Å²) in [7, 11) is 0. The molecule has 0 radical (unpaired) electrons. The van der Waals surface area contributed by atoms with E-state index in [2.05, 4.69) is 28.5 Å². The zero-order valence-electron chi connectivity index (χ0n) is 14.4. The van der Waals surface area contributed by atoms with Crippen molar-refractivity contribution in [1.29, 1.82) is 0 Å². The average Bonchev–Trinajstić information content (AvgIpc) is 3.07. The summed E-state index contributed by atoms with van der Waals surface area (Å²) in [4.78, 5) is 4.39. The first kappa shape index (κ1) is 16.9. The number of pyridine rings is 1. The highest BCUT2D eigenvalue weighted by atomic mass is 16.5. The second kappa shape index (κ2) is 7.77. The Morgan fingerprint density at radius 1 is 1.42 bits per heavy atom. The van der Waals surface area contributed by atoms with Crippen LogP contribution in [-0.4, -0.2) is 33.0 Å². The second-order valence-corrected chi connectivity index (χ2v) is 6.37. The molecule has 1 fully saturated rings. The molecule has 2 atom stereocenters. The lowest BCUT2D eigenvalue weighted by molar-refractivity contribution is -0.0279. The molecule has 0 saturated carbocycles. The number of rotatable bonds is 6. The summed E-state index contributed by atoms with van der Waals surface area (Å²) in [5, 5.41) is 17.7. The zero-order valence-corrected chi connectivity index (χ0v) is 14.4. The van der Waals surface area contributed by atoms with E-state index in [4.69, 9.17) is 4.74 Å². The minimum absolute atomic E-state index is 0.0885. The number of ether oxygens (including phenoxy) is 1. The predicted molar refractivity (Wildman–Crippen MR) is 91.7 cm³/mol. The van der Waals surface area contributed by atoms with Crippen LogP contribution in [0.3, 0.4) is 0 Å². The Morgan fingerprint density at radius 3 is 3.08 bits per heavy atom. The van der Waals surface area contributed by atoms with E-state index in [9.17, 15) is 5.11 Å². The quantitative estimate of drug-likeness (QED) is 0.852. The summed E-state index contributed by atoms with van der Waals surface area (Å²) < 4.78 is 7.96. The lowest BCUT2D eigenvalue weighted by Crippen LogP contribution is -2.31. The summed E-state index contributed by atoms with van der Waals surface area (Å²) in [5.41, 5.74) is 2.76. The molecular weight excluding hydrogens is 304 g/mol. The van der Waals surface area contributed by atoms with Crippen LogP contribution in [0.15, 0.2) is 24.5 Å². The molecule has 24 heavy (non-hydrogen) atoms. The van der Waals surface area contributed by atoms with Gasteiger partial charge in [0.25, 0.3) is 0 Å². The number of aromatic nitrogens is 3. The standard InChI is InChI=1S/C18H26N4O2/c1-3-22-12-15(10-20-22)18-14(5-4-8-24-18)9-19-11-16-17(23)7-6-13(2)21-16/h6-7,10,12,14,18-19,23H,3-5,8-9,11H2,1-2H3/t14-,18+/m0/s1. The van der Waals surface area contributed by atoms with Crippen LogP contribution >= 0.6 is 0 Å². The van der Waals surface area contributed by atoms with E-state index in [1.54, 1.807) is 6.07 Å². The molecule has 0 aliphatic carbocycles. The zero-order chi connectivity index (χ0) is 16.9. The van der Waals surface area contributed by atoms with Crippen molar-refractivity contribution in [3.63, 3.8) is 0 Å². The number of aryl methyl sites for hydroxylation is 2. The third-order valence-corrected chi connectivity index (χ3v) is 4.54. The Hall–Kier alpha value is -1.92. The summed E-state index contributed by atoms with van der Waals surface area (Å²) in [6.45, 7) is 7.08. The van der Waals surface area contributed by atoms with Gasteiger partial charge in [0.05, 0.1) is 18.0 Å². The van der Waals surface area contributed by atoms with E-state index < -0.39 is 0 Å². The van der Waals surface area contributed by atoms with Crippen LogP contribution in [-0.2, 0) is 17.8 Å². The molecule has 2 aromatic rings. The average molecular weight is 330 g/mol. The fraction of sp³-hybridized carbons (Fsp3) is 0.556. The minimum Gasteiger partial charge on any atom is -0.506 e. The molecular formula is C18H26N4O2. The van der Waals surface area contributed by atoms with Crippen molar-refractivity contribution in [2.24, 2.45) is 5.92 Å². The number of hydrogen-bond donors (Lipinski definition) is 2. The first-order chi connectivity index (χ1) is 11.7. The lowest BCUT2D eigenvalue weighted by atomic mass is 9.91. The molecule has 0 bridgehead atoms. The van der Waals surface area contributed by atoms with Crippen LogP contribution in [0.1, 0.15) is 42.8 Å². The van der Waals surface area contributed by atoms with Crippen LogP contribution in [0.5, 0.6) is 5.75 Å². The van der Waals surface area contributed by atoms with E-state index >= 15 is 0 Å². The third kappa shape index (κ3) is 3.94. The van der Waals surface area contributed by atoms with Crippen LogP contribution in [0, 0.1) is 12.8 Å². The van der Waals surface area contributed by atoms with E-state index in [1.807, 2.05) is 23.9 Å². The van der Waals surface area contributed by atoms with Gasteiger partial charge in [-0.2, -0.15) is 5.10 Å². The first-order valence-corrected chi connectivity index (χ1v) is 8.67. The van der Waals surface area contributed by atoms with E-state index in [0.29, 0.717) is 18.2 Å². The van der Waals surface area contributed by atoms with Gasteiger partial charge in [0.1, 0.15) is 5.75 Å². The van der Waals surface area contributed by atoms with Crippen LogP contribution in [0.25, 0.3) is 0 Å². The lowest BCUT2D eigenvalue weighted by Gasteiger charge is -2.31. The number of nitrogens with one attached hydrogen (secondary N) is 1. The van der Waals surface area contributed by atoms with Gasteiger partial charge in [-0.25, -0.2) is 0 Å². The van der Waals surface area contributed by atoms with Crippen molar-refractivity contribution in [1.82, 2.24) is 20.1 Å². The smallest absolute Gasteiger partial charge is 0.138 e. The Bertz CT molecular complexity index is 671. The molecule has 1 saturated heterocycles. The minimum atomic E-state index is 0.0885. The van der Waals surface area contributed by atoms with Gasteiger partial charge in [0.2, 0.25) is 0 Å². The summed E-state index contributed by atoms with van der Waals surface area (Å²) in [5.74, 6) is 0.647. The van der Waals surface area contributed by atoms with Crippen LogP contribution in [0.4, 0.5) is 0 Å². The molecule has 130 valence electrons. The SMILES string of the molecule is CCn1cc([C@@H]2OCCC[C@H]2CNCc2nc(C)ccc2O)cn1. The molecule has 3 heterocycles. The van der Waals surface area contributed by atoms with Crippen molar-refractivity contribution >= 4 is 0 Å². The maximum atomic E-state index is 9.89. The maximum absolute atomic E-state index is 9.89. The van der Waals surface area contributed by atoms with Gasteiger partial charge in [0, 0.05) is 49.6 Å². The molecule has 6 nitrogen and oxygen atoms in total. The van der Waals surface area contributed by atoms with Crippen LogP contribution in [0.2, 0.25) is 0 Å². The Balaban J connectivity index is 1.60. The summed E-state index contributed by atoms with van der Waals surface area (Å²) in [6, 6.07) is 3.51. The molecule has 2 N–H and O–H groups in total. The topological polar surface area (TPSA) is 72.2 Å². The number of hydrogen-bond acceptors (Lipinski definition) is 5. The molecule has 0 aromatic carbocycles. The Morgan fingerprint density at radius 2 is 2.29 bits per heavy atom. The van der Waals surface area contributed by atoms with Crippen molar-refractivity contribution in [2.75, 3.05) is 13.2 Å². The van der Waals surface area contributed by atoms with Gasteiger partial charge in [-0.05, 0) is 38.8 Å². The second-order valence-electron chi connectivity index (χ2n) is 6.37. The highest BCUT2D eigenvalue weighted by Gasteiger charge is 2.28. The Kier molecular flexibility index (Phi) is 5.48. The Labute approximate surface area is 142 Å². The number of aromatic hydroxyl groups is 1. The van der Waals surface area contributed by atoms with Gasteiger partial charge >= 0.3 is 0 Å². The largest absolute Gasteiger partial charge is 0.506 e. The van der Waals surface area contributed by atoms with E-state index in [1.165, 1.54) is 0 Å². The fourth-order valence-corrected chi connectivity index (χ4v) is 3.23. The fourth-order valence-electron chi connectivity index (χ4n) is 3.23. The van der Waals surface area contributed by atoms with Gasteiger partial charge in [-0.1, -0.05) is 0 Å². The van der Waals surface area contributed by atoms with Crippen molar-refractivity contribution < 1.29 is 9.84 Å². The van der Waals surface area contributed by atoms with Crippen molar-refractivity contribution in [3.05, 3.63) is 41.5 Å². The molecule has 1 aliphatic rings. The summed E-state index contributed by atoms with van der Waals surface area (Å²) in [6.07, 6.45) is 6.30. The van der Waals surface area contributed by atoms with Gasteiger partial charge in [-0.15, -0.1) is 0 Å². The summed E-state index contributed by atoms with van der Waals surface area (Å²) >= 11 is 0. The van der Waals surface area contributed by atoms with Crippen LogP contribution < -0.4 is 5.32 Å². The van der Waals surface area contributed by atoms with Crippen molar-refractivity contribution in [3.8, 4) is 5.75 Å². The van der Waals surface area contributed by atoms with E-state index in [0.717, 1.165) is 43.8 Å². The molecule has 2 aromatic heterocycles. The van der Waals surface area contributed by atoms with Gasteiger partial charge in [0.15, 0.2) is 0 Å². The number of nitrogens with zero attached hydrogens (tertiary/aromatic N) is 3. The molecule has 6 heteroatoms. The molecule has 0 unspecified atom stereocenters. The normalized spacial score (nSPS) is 21.1. The molecule has 0 spiro atoms. The molecule has 3 rings (SSSR count). The van der Waals surface area contributed by atoms with Gasteiger partial charge < -0.3 is 15.2 Å². The monoisotopic (exact) mass is 330 g/mol. The molecule has 0 amide bonds. The maximum Gasteiger partial charge on any atom is 0.138 e. The third-order valence-electron chi connectivity index (χ3n) is 4.54. The first-order valence-electron chi connectivity index (χ1n) is 8.67. The van der Waals surface area contributed by atoms with E-state index in [-0.39, 0.29) is 11.9 Å². The highest BCUT2D eigenvalue weighted by Crippen LogP contribution is 2.33. The molecule has 1 aliphatic heterocycles. The highest BCUT2D eigenvalue weighted by molar-refractivity contribution is 5.27. The predicted octanol–water partition coefficient (Wildman–Crippen LogP) is 2.57. The van der Waals surface area contributed by atoms with Crippen molar-refractivity contribution in [2.45, 2.75) is 45.9 Å².